The highest BCUT2D eigenvalue weighted by molar-refractivity contribution is 5.37. The summed E-state index contributed by atoms with van der Waals surface area (Å²) in [5.74, 6) is 1.94. The van der Waals surface area contributed by atoms with Crippen molar-refractivity contribution in [2.45, 2.75) is 13.5 Å². The van der Waals surface area contributed by atoms with Crippen LogP contribution in [0.1, 0.15) is 12.7 Å². The van der Waals surface area contributed by atoms with Gasteiger partial charge in [0.15, 0.2) is 5.82 Å². The van der Waals surface area contributed by atoms with Crippen LogP contribution in [-0.2, 0) is 11.3 Å². The lowest BCUT2D eigenvalue weighted by molar-refractivity contribution is 0.127. The summed E-state index contributed by atoms with van der Waals surface area (Å²) < 4.78 is 10.9. The molecule has 0 fully saturated rings. The van der Waals surface area contributed by atoms with Gasteiger partial charge in [0.25, 0.3) is 0 Å². The number of anilines is 1. The Hall–Kier alpha value is -1.40. The minimum Gasteiger partial charge on any atom is -0.476 e. The molecule has 0 radical (unpaired) electrons. The molecular formula is C12H22N4O2. The van der Waals surface area contributed by atoms with Gasteiger partial charge in [-0.05, 0) is 21.0 Å². The molecule has 1 N–H and O–H groups in total. The van der Waals surface area contributed by atoms with Gasteiger partial charge in [-0.25, -0.2) is 4.98 Å². The van der Waals surface area contributed by atoms with Gasteiger partial charge in [0.2, 0.25) is 5.88 Å². The van der Waals surface area contributed by atoms with Crippen molar-refractivity contribution in [2.24, 2.45) is 0 Å². The predicted octanol–water partition coefficient (Wildman–Crippen LogP) is 0.995. The van der Waals surface area contributed by atoms with Crippen LogP contribution >= 0.6 is 0 Å². The fraction of sp³-hybridized carbons (Fsp3) is 0.667. The number of nitrogens with zero attached hydrogens (tertiary/aromatic N) is 3. The molecule has 1 heterocycles. The molecule has 1 aromatic rings. The van der Waals surface area contributed by atoms with Gasteiger partial charge in [-0.2, -0.15) is 4.98 Å². The number of hydrogen-bond donors (Lipinski definition) is 1. The molecular weight excluding hydrogens is 232 g/mol. The van der Waals surface area contributed by atoms with Gasteiger partial charge in [0.05, 0.1) is 0 Å². The smallest absolute Gasteiger partial charge is 0.218 e. The second-order valence-electron chi connectivity index (χ2n) is 4.05. The summed E-state index contributed by atoms with van der Waals surface area (Å²) in [6.07, 6.45) is 0. The van der Waals surface area contributed by atoms with Crippen LogP contribution in [0.3, 0.4) is 0 Å². The number of likely N-dealkylation sites (N-methyl/N-ethyl adjacent to an activating group) is 1. The molecule has 0 atom stereocenters. The van der Waals surface area contributed by atoms with E-state index in [0.29, 0.717) is 31.5 Å². The van der Waals surface area contributed by atoms with Gasteiger partial charge in [-0.15, -0.1) is 0 Å². The van der Waals surface area contributed by atoms with Crippen LogP contribution in [0.15, 0.2) is 6.07 Å². The monoisotopic (exact) mass is 254 g/mol. The quantitative estimate of drug-likeness (QED) is 0.746. The molecule has 0 aliphatic rings. The zero-order valence-electron chi connectivity index (χ0n) is 11.6. The SMILES string of the molecule is CCOCc1nc(NC)cc(OCCN(C)C)n1. The van der Waals surface area contributed by atoms with Gasteiger partial charge in [-0.3, -0.25) is 0 Å². The predicted molar refractivity (Wildman–Crippen MR) is 71.0 cm³/mol. The molecule has 18 heavy (non-hydrogen) atoms. The van der Waals surface area contributed by atoms with Gasteiger partial charge in [-0.1, -0.05) is 0 Å². The van der Waals surface area contributed by atoms with Crippen molar-refractivity contribution in [1.82, 2.24) is 14.9 Å². The van der Waals surface area contributed by atoms with E-state index in [1.165, 1.54) is 0 Å². The van der Waals surface area contributed by atoms with Crippen molar-refractivity contribution in [2.75, 3.05) is 46.2 Å². The molecule has 1 aromatic heterocycles. The molecule has 0 saturated carbocycles. The Morgan fingerprint density at radius 2 is 2.11 bits per heavy atom. The van der Waals surface area contributed by atoms with E-state index in [0.717, 1.165) is 12.4 Å². The summed E-state index contributed by atoms with van der Waals surface area (Å²) in [7, 11) is 5.82. The van der Waals surface area contributed by atoms with Crippen LogP contribution in [0.25, 0.3) is 0 Å². The van der Waals surface area contributed by atoms with Crippen LogP contribution in [0.2, 0.25) is 0 Å². The molecule has 6 heteroatoms. The number of aromatic nitrogens is 2. The first-order valence-corrected chi connectivity index (χ1v) is 6.06. The number of hydrogen-bond acceptors (Lipinski definition) is 6. The first kappa shape index (κ1) is 14.7. The van der Waals surface area contributed by atoms with Gasteiger partial charge in [0, 0.05) is 26.3 Å². The molecule has 0 aliphatic carbocycles. The maximum absolute atomic E-state index is 5.59. The van der Waals surface area contributed by atoms with Gasteiger partial charge < -0.3 is 19.7 Å². The molecule has 0 amide bonds. The van der Waals surface area contributed by atoms with Gasteiger partial charge in [0.1, 0.15) is 19.0 Å². The molecule has 0 spiro atoms. The molecule has 0 aliphatic heterocycles. The van der Waals surface area contributed by atoms with E-state index < -0.39 is 0 Å². The van der Waals surface area contributed by atoms with E-state index in [2.05, 4.69) is 20.2 Å². The molecule has 0 aromatic carbocycles. The summed E-state index contributed by atoms with van der Waals surface area (Å²) in [6, 6.07) is 1.78. The minimum absolute atomic E-state index is 0.399. The lowest BCUT2D eigenvalue weighted by Gasteiger charge is -2.12. The van der Waals surface area contributed by atoms with E-state index in [1.807, 2.05) is 28.1 Å². The van der Waals surface area contributed by atoms with Crippen molar-refractivity contribution >= 4 is 5.82 Å². The van der Waals surface area contributed by atoms with Crippen LogP contribution in [0.5, 0.6) is 5.88 Å². The van der Waals surface area contributed by atoms with E-state index in [1.54, 1.807) is 6.07 Å². The van der Waals surface area contributed by atoms with Crippen molar-refractivity contribution in [3.63, 3.8) is 0 Å². The molecule has 0 unspecified atom stereocenters. The third-order valence-corrected chi connectivity index (χ3v) is 2.23. The summed E-state index contributed by atoms with van der Waals surface area (Å²) in [5, 5.41) is 2.99. The Labute approximate surface area is 108 Å². The van der Waals surface area contributed by atoms with Crippen molar-refractivity contribution in [1.29, 1.82) is 0 Å². The highest BCUT2D eigenvalue weighted by atomic mass is 16.5. The normalized spacial score (nSPS) is 10.7. The second-order valence-corrected chi connectivity index (χ2v) is 4.05. The fourth-order valence-electron chi connectivity index (χ4n) is 1.27. The number of ether oxygens (including phenoxy) is 2. The molecule has 0 bridgehead atoms. The van der Waals surface area contributed by atoms with E-state index in [9.17, 15) is 0 Å². The van der Waals surface area contributed by atoms with Crippen LogP contribution in [0.4, 0.5) is 5.82 Å². The largest absolute Gasteiger partial charge is 0.476 e. The topological polar surface area (TPSA) is 59.5 Å². The molecule has 1 rings (SSSR count). The lowest BCUT2D eigenvalue weighted by atomic mass is 10.5. The van der Waals surface area contributed by atoms with Crippen molar-refractivity contribution < 1.29 is 9.47 Å². The van der Waals surface area contributed by atoms with E-state index in [-0.39, 0.29) is 0 Å². The Morgan fingerprint density at radius 3 is 2.72 bits per heavy atom. The molecule has 6 nitrogen and oxygen atoms in total. The Kier molecular flexibility index (Phi) is 6.38. The molecule has 0 saturated heterocycles. The van der Waals surface area contributed by atoms with Crippen LogP contribution in [-0.4, -0.2) is 55.8 Å². The minimum atomic E-state index is 0.399. The number of rotatable bonds is 8. The summed E-state index contributed by atoms with van der Waals surface area (Å²) in [6.45, 7) is 4.43. The maximum Gasteiger partial charge on any atom is 0.218 e. The average molecular weight is 254 g/mol. The highest BCUT2D eigenvalue weighted by Gasteiger charge is 2.05. The summed E-state index contributed by atoms with van der Waals surface area (Å²) in [5.41, 5.74) is 0. The first-order chi connectivity index (χ1) is 8.65. The molecule has 102 valence electrons. The van der Waals surface area contributed by atoms with Crippen molar-refractivity contribution in [3.05, 3.63) is 11.9 Å². The third-order valence-electron chi connectivity index (χ3n) is 2.23. The number of nitrogens with one attached hydrogen (secondary N) is 1. The second kappa shape index (κ2) is 7.84. The zero-order chi connectivity index (χ0) is 13.4. The fourth-order valence-corrected chi connectivity index (χ4v) is 1.27. The Morgan fingerprint density at radius 1 is 1.33 bits per heavy atom. The van der Waals surface area contributed by atoms with Crippen LogP contribution in [0, 0.1) is 0 Å². The van der Waals surface area contributed by atoms with E-state index in [4.69, 9.17) is 9.47 Å². The first-order valence-electron chi connectivity index (χ1n) is 6.06. The Bertz CT molecular complexity index is 358. The summed E-state index contributed by atoms with van der Waals surface area (Å²) >= 11 is 0. The van der Waals surface area contributed by atoms with Gasteiger partial charge >= 0.3 is 0 Å². The standard InChI is InChI=1S/C12H22N4O2/c1-5-17-9-11-14-10(13-2)8-12(15-11)18-7-6-16(3)4/h8H,5-7,9H2,1-4H3,(H,13,14,15). The average Bonchev–Trinajstić information content (AvgIpc) is 2.35. The third kappa shape index (κ3) is 5.29. The zero-order valence-corrected chi connectivity index (χ0v) is 11.6. The van der Waals surface area contributed by atoms with Crippen LogP contribution < -0.4 is 10.1 Å². The maximum atomic E-state index is 5.59. The summed E-state index contributed by atoms with van der Waals surface area (Å²) in [4.78, 5) is 10.7. The lowest BCUT2D eigenvalue weighted by Crippen LogP contribution is -2.20. The van der Waals surface area contributed by atoms with Crippen molar-refractivity contribution in [3.8, 4) is 5.88 Å². The Balaban J connectivity index is 2.64. The highest BCUT2D eigenvalue weighted by Crippen LogP contribution is 2.13. The van der Waals surface area contributed by atoms with E-state index >= 15 is 0 Å².